The van der Waals surface area contributed by atoms with E-state index in [2.05, 4.69) is 21.2 Å². The Bertz CT molecular complexity index is 1480. The van der Waals surface area contributed by atoms with E-state index >= 15 is 0 Å². The number of rotatable bonds is 7. The number of nitrogens with zero attached hydrogens (tertiary/aromatic N) is 1. The number of amides is 2. The summed E-state index contributed by atoms with van der Waals surface area (Å²) >= 11 is 4.44. The van der Waals surface area contributed by atoms with Crippen molar-refractivity contribution >= 4 is 72.1 Å². The molecule has 1 saturated heterocycles. The molecule has 0 spiro atoms. The molecule has 1 heterocycles. The van der Waals surface area contributed by atoms with Crippen LogP contribution >= 0.6 is 27.7 Å². The maximum Gasteiger partial charge on any atom is 0.271 e. The number of hydrogen-bond donors (Lipinski definition) is 3. The summed E-state index contributed by atoms with van der Waals surface area (Å²) in [7, 11) is -3.83. The van der Waals surface area contributed by atoms with Crippen LogP contribution < -0.4 is 20.1 Å². The van der Waals surface area contributed by atoms with Gasteiger partial charge in [-0.25, -0.2) is 13.6 Å². The molecule has 0 aliphatic carbocycles. The quantitative estimate of drug-likeness (QED) is 0.354. The van der Waals surface area contributed by atoms with E-state index < -0.39 is 15.9 Å². The topological polar surface area (TPSA) is 143 Å². The van der Waals surface area contributed by atoms with E-state index in [4.69, 9.17) is 15.3 Å². The average Bonchev–Trinajstić information content (AvgIpc) is 3.11. The first-order valence-electron chi connectivity index (χ1n) is 10.3. The molecular weight excluding hydrogens is 568 g/mol. The number of anilines is 2. The monoisotopic (exact) mass is 586 g/mol. The van der Waals surface area contributed by atoms with E-state index in [1.54, 1.807) is 48.5 Å². The molecule has 184 valence electrons. The molecule has 36 heavy (non-hydrogen) atoms. The zero-order valence-corrected chi connectivity index (χ0v) is 21.7. The minimum absolute atomic E-state index is 0.0671. The lowest BCUT2D eigenvalue weighted by Crippen LogP contribution is -2.27. The highest BCUT2D eigenvalue weighted by molar-refractivity contribution is 9.10. The van der Waals surface area contributed by atoms with Crippen molar-refractivity contribution in [3.8, 4) is 5.75 Å². The molecule has 12 heteroatoms. The summed E-state index contributed by atoms with van der Waals surface area (Å²) in [5, 5.41) is 16.0. The molecule has 0 radical (unpaired) electrons. The Morgan fingerprint density at radius 3 is 2.47 bits per heavy atom. The van der Waals surface area contributed by atoms with Crippen molar-refractivity contribution in [1.29, 1.82) is 5.41 Å². The molecule has 1 aliphatic heterocycles. The summed E-state index contributed by atoms with van der Waals surface area (Å²) in [5.41, 5.74) is 1.53. The maximum absolute atomic E-state index is 13.0. The summed E-state index contributed by atoms with van der Waals surface area (Å²) in [5.74, 6) is -0.436. The van der Waals surface area contributed by atoms with E-state index in [-0.39, 0.29) is 22.6 Å². The fraction of sp³-hybridized carbons (Fsp3) is 0.0417. The minimum atomic E-state index is -3.83. The van der Waals surface area contributed by atoms with Crippen LogP contribution in [0.3, 0.4) is 0 Å². The number of carbonyl (C=O) groups is 2. The van der Waals surface area contributed by atoms with Crippen LogP contribution in [0.4, 0.5) is 11.4 Å². The highest BCUT2D eigenvalue weighted by Crippen LogP contribution is 2.36. The number of nitrogens with two attached hydrogens (primary N) is 1. The van der Waals surface area contributed by atoms with Gasteiger partial charge >= 0.3 is 0 Å². The molecule has 4 N–H and O–H groups in total. The number of sulfonamides is 1. The largest absolute Gasteiger partial charge is 0.483 e. The van der Waals surface area contributed by atoms with Crippen molar-refractivity contribution in [2.45, 2.75) is 4.90 Å². The van der Waals surface area contributed by atoms with Crippen LogP contribution in [0.25, 0.3) is 6.08 Å². The van der Waals surface area contributed by atoms with Crippen LogP contribution in [-0.4, -0.2) is 32.0 Å². The summed E-state index contributed by atoms with van der Waals surface area (Å²) in [6.07, 6.45) is 1.62. The van der Waals surface area contributed by atoms with Gasteiger partial charge in [0.05, 0.1) is 15.5 Å². The van der Waals surface area contributed by atoms with Gasteiger partial charge in [0, 0.05) is 15.7 Å². The second kappa shape index (κ2) is 10.7. The first-order chi connectivity index (χ1) is 17.1. The van der Waals surface area contributed by atoms with E-state index in [1.165, 1.54) is 29.2 Å². The first-order valence-corrected chi connectivity index (χ1v) is 13.5. The molecule has 4 rings (SSSR count). The third-order valence-corrected chi connectivity index (χ3v) is 7.23. The van der Waals surface area contributed by atoms with Crippen molar-refractivity contribution in [3.63, 3.8) is 0 Å². The highest BCUT2D eigenvalue weighted by Gasteiger charge is 2.33. The van der Waals surface area contributed by atoms with Gasteiger partial charge in [-0.15, -0.1) is 0 Å². The van der Waals surface area contributed by atoms with Gasteiger partial charge in [-0.3, -0.25) is 19.9 Å². The highest BCUT2D eigenvalue weighted by atomic mass is 79.9. The van der Waals surface area contributed by atoms with Gasteiger partial charge in [0.2, 0.25) is 10.0 Å². The lowest BCUT2D eigenvalue weighted by Gasteiger charge is -2.14. The van der Waals surface area contributed by atoms with Crippen molar-refractivity contribution < 1.29 is 22.7 Å². The minimum Gasteiger partial charge on any atom is -0.483 e. The molecule has 0 saturated carbocycles. The van der Waals surface area contributed by atoms with Gasteiger partial charge in [-0.1, -0.05) is 34.1 Å². The van der Waals surface area contributed by atoms with Gasteiger partial charge in [-0.05, 0) is 72.4 Å². The van der Waals surface area contributed by atoms with Crippen molar-refractivity contribution in [3.05, 3.63) is 87.7 Å². The Balaban J connectivity index is 1.48. The second-order valence-corrected chi connectivity index (χ2v) is 11.0. The van der Waals surface area contributed by atoms with Crippen LogP contribution in [0.5, 0.6) is 5.75 Å². The number of nitrogens with one attached hydrogen (secondary N) is 2. The van der Waals surface area contributed by atoms with E-state index in [0.29, 0.717) is 27.6 Å². The lowest BCUT2D eigenvalue weighted by molar-refractivity contribution is -0.118. The number of para-hydroxylation sites is 1. The van der Waals surface area contributed by atoms with Gasteiger partial charge in [0.15, 0.2) is 11.8 Å². The number of thioether (sulfide) groups is 1. The predicted octanol–water partition coefficient (Wildman–Crippen LogP) is 4.17. The molecule has 0 unspecified atom stereocenters. The van der Waals surface area contributed by atoms with E-state index in [1.807, 2.05) is 6.07 Å². The summed E-state index contributed by atoms with van der Waals surface area (Å²) in [6.45, 7) is -0.332. The van der Waals surface area contributed by atoms with Crippen LogP contribution in [0.15, 0.2) is 87.1 Å². The lowest BCUT2D eigenvalue weighted by atomic mass is 10.2. The van der Waals surface area contributed by atoms with Gasteiger partial charge < -0.3 is 10.1 Å². The van der Waals surface area contributed by atoms with Gasteiger partial charge in [-0.2, -0.15) is 0 Å². The number of carbonyl (C=O) groups excluding carboxylic acids is 2. The molecule has 0 aromatic heterocycles. The third kappa shape index (κ3) is 6.02. The zero-order chi connectivity index (χ0) is 25.9. The Morgan fingerprint density at radius 2 is 1.81 bits per heavy atom. The summed E-state index contributed by atoms with van der Waals surface area (Å²) in [6, 6.07) is 19.5. The third-order valence-electron chi connectivity index (χ3n) is 4.92. The fourth-order valence-electron chi connectivity index (χ4n) is 3.27. The van der Waals surface area contributed by atoms with Crippen molar-refractivity contribution in [1.82, 2.24) is 0 Å². The number of hydrogen-bond acceptors (Lipinski definition) is 7. The maximum atomic E-state index is 13.0. The molecule has 0 bridgehead atoms. The van der Waals surface area contributed by atoms with E-state index in [9.17, 15) is 18.0 Å². The van der Waals surface area contributed by atoms with Crippen LogP contribution in [0.2, 0.25) is 0 Å². The average molecular weight is 587 g/mol. The van der Waals surface area contributed by atoms with Gasteiger partial charge in [0.1, 0.15) is 5.75 Å². The van der Waals surface area contributed by atoms with Crippen LogP contribution in [-0.2, 0) is 19.6 Å². The number of amidine groups is 1. The molecular formula is C24H19BrN4O5S2. The molecule has 9 nitrogen and oxygen atoms in total. The summed E-state index contributed by atoms with van der Waals surface area (Å²) in [4.78, 5) is 27.0. The Morgan fingerprint density at radius 1 is 1.11 bits per heavy atom. The number of benzene rings is 3. The molecule has 1 fully saturated rings. The SMILES string of the molecule is N=C1S/C(=C\c2cc(Br)ccc2OCC(=O)Nc2ccc(S(N)(=O)=O)cc2)C(=O)N1c1ccccc1. The standard InChI is InChI=1S/C24H19BrN4O5S2/c25-16-6-11-20(34-14-22(30)28-17-7-9-19(10-8-17)36(27,32)33)15(12-16)13-21-23(31)29(24(26)35-21)18-4-2-1-3-5-18/h1-13,26H,14H2,(H,28,30)(H2,27,32,33)/b21-13-,26-24?. The molecule has 1 aliphatic rings. The number of halogens is 1. The number of ether oxygens (including phenoxy) is 1. The second-order valence-electron chi connectivity index (χ2n) is 7.48. The fourth-order valence-corrected chi connectivity index (χ4v) is 5.02. The molecule has 0 atom stereocenters. The molecule has 2 amide bonds. The Kier molecular flexibility index (Phi) is 7.59. The molecule has 3 aromatic carbocycles. The van der Waals surface area contributed by atoms with Crippen molar-refractivity contribution in [2.75, 3.05) is 16.8 Å². The molecule has 3 aromatic rings. The predicted molar refractivity (Wildman–Crippen MR) is 143 cm³/mol. The van der Waals surface area contributed by atoms with E-state index in [0.717, 1.165) is 16.2 Å². The van der Waals surface area contributed by atoms with Crippen LogP contribution in [0, 0.1) is 5.41 Å². The van der Waals surface area contributed by atoms with Gasteiger partial charge in [0.25, 0.3) is 11.8 Å². The van der Waals surface area contributed by atoms with Crippen molar-refractivity contribution in [2.24, 2.45) is 5.14 Å². The number of primary sulfonamides is 1. The zero-order valence-electron chi connectivity index (χ0n) is 18.5. The smallest absolute Gasteiger partial charge is 0.271 e. The van der Waals surface area contributed by atoms with Crippen LogP contribution in [0.1, 0.15) is 5.56 Å². The normalized spacial score (nSPS) is 14.8. The Hall–Kier alpha value is -3.45. The first kappa shape index (κ1) is 25.6. The summed E-state index contributed by atoms with van der Waals surface area (Å²) < 4.78 is 29.2. The Labute approximate surface area is 220 Å².